The van der Waals surface area contributed by atoms with Crippen molar-refractivity contribution in [3.63, 3.8) is 0 Å². The molecule has 1 atom stereocenters. The lowest BCUT2D eigenvalue weighted by Crippen LogP contribution is -2.06. The van der Waals surface area contributed by atoms with E-state index >= 15 is 0 Å². The molecule has 1 N–H and O–H groups in total. The van der Waals surface area contributed by atoms with Crippen LogP contribution in [0, 0.1) is 5.92 Å². The maximum absolute atomic E-state index is 11.1. The van der Waals surface area contributed by atoms with Gasteiger partial charge in [-0.2, -0.15) is 5.10 Å². The lowest BCUT2D eigenvalue weighted by atomic mass is 9.96. The molecule has 3 aromatic rings. The van der Waals surface area contributed by atoms with Crippen LogP contribution in [0.15, 0.2) is 54.7 Å². The molecule has 0 bridgehead atoms. The normalized spacial score (nSPS) is 16.2. The molecule has 4 rings (SSSR count). The Morgan fingerprint density at radius 3 is 2.75 bits per heavy atom. The van der Waals surface area contributed by atoms with Gasteiger partial charge in [0.1, 0.15) is 5.75 Å². The third-order valence-corrected chi connectivity index (χ3v) is 5.11. The molecule has 1 aliphatic heterocycles. The van der Waals surface area contributed by atoms with Crippen LogP contribution in [0.5, 0.6) is 5.75 Å². The largest absolute Gasteiger partial charge is 0.496 e. The summed E-state index contributed by atoms with van der Waals surface area (Å²) in [6, 6.07) is 14.8. The first-order valence-electron chi connectivity index (χ1n) is 9.28. The van der Waals surface area contributed by atoms with Crippen LogP contribution in [0.25, 0.3) is 16.9 Å². The SMILES string of the molecule is COc1ccc(-c2ccnn2-c2ccc(C(=O)O)cc2)cc1CC1CCOC1. The van der Waals surface area contributed by atoms with Crippen LogP contribution in [-0.4, -0.2) is 41.2 Å². The van der Waals surface area contributed by atoms with Crippen molar-refractivity contribution in [3.05, 3.63) is 65.9 Å². The topological polar surface area (TPSA) is 73.6 Å². The smallest absolute Gasteiger partial charge is 0.335 e. The Hall–Kier alpha value is -3.12. The van der Waals surface area contributed by atoms with E-state index in [1.807, 2.05) is 22.9 Å². The third kappa shape index (κ3) is 3.64. The Bertz CT molecular complexity index is 972. The van der Waals surface area contributed by atoms with Gasteiger partial charge in [0.05, 0.1) is 30.3 Å². The predicted octanol–water partition coefficient (Wildman–Crippen LogP) is 3.83. The molecule has 1 aromatic heterocycles. The van der Waals surface area contributed by atoms with Crippen LogP contribution >= 0.6 is 0 Å². The van der Waals surface area contributed by atoms with Crippen molar-refractivity contribution in [3.8, 4) is 22.7 Å². The molecule has 1 unspecified atom stereocenters. The molecule has 2 heterocycles. The van der Waals surface area contributed by atoms with Gasteiger partial charge in [0.2, 0.25) is 0 Å². The van der Waals surface area contributed by atoms with E-state index in [9.17, 15) is 4.79 Å². The van der Waals surface area contributed by atoms with E-state index in [2.05, 4.69) is 11.2 Å². The van der Waals surface area contributed by atoms with Crippen LogP contribution < -0.4 is 4.74 Å². The predicted molar refractivity (Wildman–Crippen MR) is 105 cm³/mol. The minimum atomic E-state index is -0.942. The molecule has 2 aromatic carbocycles. The Morgan fingerprint density at radius 2 is 2.07 bits per heavy atom. The number of hydrogen-bond acceptors (Lipinski definition) is 4. The molecule has 0 aliphatic carbocycles. The maximum Gasteiger partial charge on any atom is 0.335 e. The van der Waals surface area contributed by atoms with Gasteiger partial charge >= 0.3 is 5.97 Å². The molecule has 1 saturated heterocycles. The molecule has 6 heteroatoms. The number of carbonyl (C=O) groups is 1. The van der Waals surface area contributed by atoms with Crippen molar-refractivity contribution in [1.29, 1.82) is 0 Å². The Labute approximate surface area is 163 Å². The number of aromatic carboxylic acids is 1. The highest BCUT2D eigenvalue weighted by molar-refractivity contribution is 5.87. The monoisotopic (exact) mass is 378 g/mol. The number of methoxy groups -OCH3 is 1. The summed E-state index contributed by atoms with van der Waals surface area (Å²) in [6.07, 6.45) is 3.73. The van der Waals surface area contributed by atoms with Gasteiger partial charge in [-0.15, -0.1) is 0 Å². The molecule has 0 spiro atoms. The summed E-state index contributed by atoms with van der Waals surface area (Å²) in [5.41, 5.74) is 4.20. The van der Waals surface area contributed by atoms with E-state index in [-0.39, 0.29) is 5.56 Å². The van der Waals surface area contributed by atoms with Gasteiger partial charge in [0, 0.05) is 18.8 Å². The van der Waals surface area contributed by atoms with Crippen LogP contribution in [0.1, 0.15) is 22.3 Å². The summed E-state index contributed by atoms with van der Waals surface area (Å²) in [5, 5.41) is 13.5. The van der Waals surface area contributed by atoms with Gasteiger partial charge < -0.3 is 14.6 Å². The van der Waals surface area contributed by atoms with Crippen LogP contribution in [0.3, 0.4) is 0 Å². The number of rotatable bonds is 6. The number of hydrogen-bond donors (Lipinski definition) is 1. The number of benzene rings is 2. The molecule has 0 saturated carbocycles. The first kappa shape index (κ1) is 18.3. The second-order valence-electron chi connectivity index (χ2n) is 6.94. The fourth-order valence-corrected chi connectivity index (χ4v) is 3.63. The molecule has 6 nitrogen and oxygen atoms in total. The van der Waals surface area contributed by atoms with E-state index < -0.39 is 5.97 Å². The summed E-state index contributed by atoms with van der Waals surface area (Å²) in [4.78, 5) is 11.1. The van der Waals surface area contributed by atoms with Gasteiger partial charge in [-0.05, 0) is 72.9 Å². The number of aromatic nitrogens is 2. The van der Waals surface area contributed by atoms with Crippen LogP contribution in [0.2, 0.25) is 0 Å². The first-order chi connectivity index (χ1) is 13.7. The Balaban J connectivity index is 1.68. The molecular weight excluding hydrogens is 356 g/mol. The third-order valence-electron chi connectivity index (χ3n) is 5.11. The number of ether oxygens (including phenoxy) is 2. The molecule has 1 fully saturated rings. The summed E-state index contributed by atoms with van der Waals surface area (Å²) >= 11 is 0. The number of nitrogens with zero attached hydrogens (tertiary/aromatic N) is 2. The second-order valence-corrected chi connectivity index (χ2v) is 6.94. The molecule has 0 radical (unpaired) electrons. The zero-order valence-corrected chi connectivity index (χ0v) is 15.7. The minimum absolute atomic E-state index is 0.253. The van der Waals surface area contributed by atoms with E-state index in [4.69, 9.17) is 14.6 Å². The zero-order valence-electron chi connectivity index (χ0n) is 15.7. The first-order valence-corrected chi connectivity index (χ1v) is 9.28. The second kappa shape index (κ2) is 7.86. The highest BCUT2D eigenvalue weighted by Gasteiger charge is 2.19. The van der Waals surface area contributed by atoms with Gasteiger partial charge in [-0.3, -0.25) is 0 Å². The average Bonchev–Trinajstić information content (AvgIpc) is 3.40. The van der Waals surface area contributed by atoms with Crippen LogP contribution in [-0.2, 0) is 11.2 Å². The van der Waals surface area contributed by atoms with Crippen molar-refractivity contribution >= 4 is 5.97 Å². The number of carboxylic acids is 1. The summed E-state index contributed by atoms with van der Waals surface area (Å²) in [7, 11) is 1.69. The lowest BCUT2D eigenvalue weighted by Gasteiger charge is -2.14. The fraction of sp³-hybridized carbons (Fsp3) is 0.273. The van der Waals surface area contributed by atoms with Crippen molar-refractivity contribution in [1.82, 2.24) is 9.78 Å². The summed E-state index contributed by atoms with van der Waals surface area (Å²) < 4.78 is 12.9. The molecule has 144 valence electrons. The Morgan fingerprint density at radius 1 is 1.25 bits per heavy atom. The number of carboxylic acid groups (broad SMARTS) is 1. The van der Waals surface area contributed by atoms with Gasteiger partial charge in [-0.25, -0.2) is 9.48 Å². The van der Waals surface area contributed by atoms with E-state index in [1.54, 1.807) is 37.6 Å². The van der Waals surface area contributed by atoms with Crippen molar-refractivity contribution < 1.29 is 19.4 Å². The maximum atomic E-state index is 11.1. The van der Waals surface area contributed by atoms with Crippen molar-refractivity contribution in [2.24, 2.45) is 5.92 Å². The van der Waals surface area contributed by atoms with E-state index in [0.717, 1.165) is 54.3 Å². The zero-order chi connectivity index (χ0) is 19.5. The molecular formula is C22H22N2O4. The standard InChI is InChI=1S/C22H22N2O4/c1-27-21-7-4-17(13-18(21)12-15-9-11-28-14-15)20-8-10-23-24(20)19-5-2-16(3-6-19)22(25)26/h2-8,10,13,15H,9,11-12,14H2,1H3,(H,25,26). The van der Waals surface area contributed by atoms with Gasteiger partial charge in [-0.1, -0.05) is 0 Å². The lowest BCUT2D eigenvalue weighted by molar-refractivity contribution is 0.0697. The Kier molecular flexibility index (Phi) is 5.12. The van der Waals surface area contributed by atoms with Crippen molar-refractivity contribution in [2.75, 3.05) is 20.3 Å². The quantitative estimate of drug-likeness (QED) is 0.706. The average molecular weight is 378 g/mol. The van der Waals surface area contributed by atoms with Crippen molar-refractivity contribution in [2.45, 2.75) is 12.8 Å². The van der Waals surface area contributed by atoms with E-state index in [0.29, 0.717) is 5.92 Å². The van der Waals surface area contributed by atoms with Gasteiger partial charge in [0.25, 0.3) is 0 Å². The fourth-order valence-electron chi connectivity index (χ4n) is 3.63. The van der Waals surface area contributed by atoms with Gasteiger partial charge in [0.15, 0.2) is 0 Å². The van der Waals surface area contributed by atoms with E-state index in [1.165, 1.54) is 0 Å². The van der Waals surface area contributed by atoms with Crippen LogP contribution in [0.4, 0.5) is 0 Å². The highest BCUT2D eigenvalue weighted by atomic mass is 16.5. The molecule has 0 amide bonds. The molecule has 1 aliphatic rings. The minimum Gasteiger partial charge on any atom is -0.496 e. The highest BCUT2D eigenvalue weighted by Crippen LogP contribution is 2.31. The summed E-state index contributed by atoms with van der Waals surface area (Å²) in [6.45, 7) is 1.62. The summed E-state index contributed by atoms with van der Waals surface area (Å²) in [5.74, 6) is 0.452. The molecule has 28 heavy (non-hydrogen) atoms.